The standard InChI is InChI=1S/C19H13BrCl3NO2.C13H11Cl2NO2/c20-13-7-6-11(8-16(13)23)25-9-12-18(24-26-19(12)10-4-5-10)17-14(21)2-1-3-15(17)22;14-9-2-1-3-10(15)11(9)12-8(6-17)13(18-16-12)7-4-5-7/h1-3,6-8,10H,4-5,9H2;1-3,7,17H,4-6H2. The van der Waals surface area contributed by atoms with Crippen LogP contribution in [0.4, 0.5) is 0 Å². The van der Waals surface area contributed by atoms with Crippen LogP contribution in [0.1, 0.15) is 60.2 Å². The van der Waals surface area contributed by atoms with Crippen LogP contribution >= 0.6 is 73.9 Å². The maximum atomic E-state index is 9.52. The molecule has 2 saturated carbocycles. The molecule has 0 amide bonds. The lowest BCUT2D eigenvalue weighted by Crippen LogP contribution is -2.00. The molecule has 0 radical (unpaired) electrons. The first-order chi connectivity index (χ1) is 21.3. The van der Waals surface area contributed by atoms with E-state index in [1.807, 2.05) is 12.1 Å². The molecule has 2 aliphatic carbocycles. The molecule has 0 bridgehead atoms. The molecule has 0 spiro atoms. The first-order valence-corrected chi connectivity index (χ1v) is 16.5. The van der Waals surface area contributed by atoms with Gasteiger partial charge in [0.1, 0.15) is 35.3 Å². The van der Waals surface area contributed by atoms with E-state index in [0.717, 1.165) is 47.2 Å². The van der Waals surface area contributed by atoms with Crippen molar-refractivity contribution in [2.75, 3.05) is 0 Å². The molecule has 2 heterocycles. The number of ether oxygens (including phenoxy) is 1. The third kappa shape index (κ3) is 6.80. The highest BCUT2D eigenvalue weighted by molar-refractivity contribution is 9.10. The van der Waals surface area contributed by atoms with Gasteiger partial charge < -0.3 is 18.9 Å². The minimum absolute atomic E-state index is 0.119. The molecule has 2 aromatic heterocycles. The van der Waals surface area contributed by atoms with Crippen LogP contribution < -0.4 is 4.74 Å². The predicted molar refractivity (Wildman–Crippen MR) is 177 cm³/mol. The van der Waals surface area contributed by atoms with E-state index in [1.165, 1.54) is 0 Å². The average molecular weight is 758 g/mol. The van der Waals surface area contributed by atoms with Gasteiger partial charge in [-0.15, -0.1) is 0 Å². The molecule has 0 atom stereocenters. The van der Waals surface area contributed by atoms with Crippen molar-refractivity contribution < 1.29 is 18.9 Å². The summed E-state index contributed by atoms with van der Waals surface area (Å²) in [5.41, 5.74) is 4.05. The van der Waals surface area contributed by atoms with Crippen LogP contribution in [0.3, 0.4) is 0 Å². The second-order valence-electron chi connectivity index (χ2n) is 10.5. The Morgan fingerprint density at radius 3 is 1.64 bits per heavy atom. The van der Waals surface area contributed by atoms with Crippen LogP contribution in [0.2, 0.25) is 25.1 Å². The first kappa shape index (κ1) is 31.7. The van der Waals surface area contributed by atoms with Gasteiger partial charge in [0, 0.05) is 33.0 Å². The van der Waals surface area contributed by atoms with Gasteiger partial charge in [0.25, 0.3) is 0 Å². The Labute approximate surface area is 287 Å². The molecule has 228 valence electrons. The highest BCUT2D eigenvalue weighted by atomic mass is 79.9. The third-order valence-electron chi connectivity index (χ3n) is 7.36. The average Bonchev–Trinajstić information content (AvgIpc) is 3.94. The number of hydrogen-bond donors (Lipinski definition) is 1. The van der Waals surface area contributed by atoms with Crippen LogP contribution in [0.25, 0.3) is 22.5 Å². The van der Waals surface area contributed by atoms with E-state index >= 15 is 0 Å². The fraction of sp³-hybridized carbons (Fsp3) is 0.250. The number of aliphatic hydroxyl groups is 1. The fourth-order valence-corrected chi connectivity index (χ4v) is 6.40. The summed E-state index contributed by atoms with van der Waals surface area (Å²) in [6.07, 6.45) is 4.33. The molecule has 7 rings (SSSR count). The highest BCUT2D eigenvalue weighted by Gasteiger charge is 2.34. The van der Waals surface area contributed by atoms with E-state index in [2.05, 4.69) is 26.2 Å². The molecular formula is C32H24BrCl5N2O4. The number of rotatable bonds is 8. The number of hydrogen-bond acceptors (Lipinski definition) is 6. The zero-order valence-corrected chi connectivity index (χ0v) is 28.3. The van der Waals surface area contributed by atoms with Crippen LogP contribution in [0.5, 0.6) is 5.75 Å². The summed E-state index contributed by atoms with van der Waals surface area (Å²) in [6, 6.07) is 16.1. The van der Waals surface area contributed by atoms with Crippen molar-refractivity contribution in [3.05, 3.63) is 107 Å². The SMILES string of the molecule is Clc1cc(OCc2c(-c3c(Cl)cccc3Cl)noc2C2CC2)ccc1Br.OCc1c(-c2c(Cl)cccc2Cl)noc1C1CC1. The van der Waals surface area contributed by atoms with Gasteiger partial charge in [-0.05, 0) is 84.1 Å². The van der Waals surface area contributed by atoms with Gasteiger partial charge in [-0.2, -0.15) is 0 Å². The van der Waals surface area contributed by atoms with Crippen molar-refractivity contribution in [1.82, 2.24) is 10.3 Å². The monoisotopic (exact) mass is 754 g/mol. The van der Waals surface area contributed by atoms with Crippen molar-refractivity contribution >= 4 is 73.9 Å². The summed E-state index contributed by atoms with van der Waals surface area (Å²) in [5, 5.41) is 20.5. The number of aromatic nitrogens is 2. The Morgan fingerprint density at radius 2 is 1.18 bits per heavy atom. The Kier molecular flexibility index (Phi) is 9.84. The van der Waals surface area contributed by atoms with Crippen LogP contribution in [-0.4, -0.2) is 15.4 Å². The van der Waals surface area contributed by atoms with E-state index in [0.29, 0.717) is 77.4 Å². The van der Waals surface area contributed by atoms with Gasteiger partial charge in [-0.3, -0.25) is 0 Å². The summed E-state index contributed by atoms with van der Waals surface area (Å²) >= 11 is 34.5. The van der Waals surface area contributed by atoms with Crippen molar-refractivity contribution in [3.63, 3.8) is 0 Å². The Morgan fingerprint density at radius 1 is 0.705 bits per heavy atom. The van der Waals surface area contributed by atoms with Crippen molar-refractivity contribution in [3.8, 4) is 28.3 Å². The number of aliphatic hydroxyl groups excluding tert-OH is 1. The molecule has 2 fully saturated rings. The minimum atomic E-state index is -0.119. The van der Waals surface area contributed by atoms with Crippen molar-refractivity contribution in [1.29, 1.82) is 0 Å². The maximum Gasteiger partial charge on any atom is 0.147 e. The Balaban J connectivity index is 0.000000167. The maximum absolute atomic E-state index is 9.52. The van der Waals surface area contributed by atoms with Crippen molar-refractivity contribution in [2.45, 2.75) is 50.7 Å². The number of halogens is 6. The Hall–Kier alpha value is -2.23. The molecule has 6 nitrogen and oxygen atoms in total. The summed E-state index contributed by atoms with van der Waals surface area (Å²) < 4.78 is 17.8. The normalized spacial score (nSPS) is 14.3. The van der Waals surface area contributed by atoms with Crippen molar-refractivity contribution in [2.24, 2.45) is 0 Å². The molecule has 1 N–H and O–H groups in total. The quantitative estimate of drug-likeness (QED) is 0.170. The molecular weight excluding hydrogens is 734 g/mol. The summed E-state index contributed by atoms with van der Waals surface area (Å²) in [4.78, 5) is 0. The molecule has 0 aliphatic heterocycles. The number of benzene rings is 3. The molecule has 5 aromatic rings. The largest absolute Gasteiger partial charge is 0.489 e. The minimum Gasteiger partial charge on any atom is -0.489 e. The molecule has 0 unspecified atom stereocenters. The lowest BCUT2D eigenvalue weighted by Gasteiger charge is -2.10. The number of nitrogens with zero attached hydrogens (tertiary/aromatic N) is 2. The smallest absolute Gasteiger partial charge is 0.147 e. The topological polar surface area (TPSA) is 81.5 Å². The molecule has 3 aromatic carbocycles. The van der Waals surface area contributed by atoms with Crippen LogP contribution in [-0.2, 0) is 13.2 Å². The predicted octanol–water partition coefficient (Wildman–Crippen LogP) is 11.5. The summed E-state index contributed by atoms with van der Waals surface area (Å²) in [5.74, 6) is 3.04. The first-order valence-electron chi connectivity index (χ1n) is 13.8. The van der Waals surface area contributed by atoms with Gasteiger partial charge >= 0.3 is 0 Å². The summed E-state index contributed by atoms with van der Waals surface area (Å²) in [6.45, 7) is 0.177. The molecule has 2 aliphatic rings. The zero-order chi connectivity index (χ0) is 31.0. The summed E-state index contributed by atoms with van der Waals surface area (Å²) in [7, 11) is 0. The lowest BCUT2D eigenvalue weighted by atomic mass is 10.0. The highest BCUT2D eigenvalue weighted by Crippen LogP contribution is 2.47. The van der Waals surface area contributed by atoms with Gasteiger partial charge in [-0.25, -0.2) is 0 Å². The fourth-order valence-electron chi connectivity index (χ4n) is 4.83. The van der Waals surface area contributed by atoms with Gasteiger partial charge in [-0.1, -0.05) is 80.5 Å². The molecule has 44 heavy (non-hydrogen) atoms. The zero-order valence-electron chi connectivity index (χ0n) is 22.9. The third-order valence-corrected chi connectivity index (χ3v) is 9.86. The van der Waals surface area contributed by atoms with E-state index in [-0.39, 0.29) is 6.61 Å². The van der Waals surface area contributed by atoms with E-state index in [4.69, 9.17) is 71.8 Å². The van der Waals surface area contributed by atoms with Gasteiger partial charge in [0.2, 0.25) is 0 Å². The van der Waals surface area contributed by atoms with E-state index in [1.54, 1.807) is 42.5 Å². The second kappa shape index (κ2) is 13.6. The second-order valence-corrected chi connectivity index (χ2v) is 13.4. The lowest BCUT2D eigenvalue weighted by molar-refractivity contribution is 0.277. The van der Waals surface area contributed by atoms with E-state index in [9.17, 15) is 5.11 Å². The van der Waals surface area contributed by atoms with Crippen LogP contribution in [0, 0.1) is 0 Å². The molecule has 12 heteroatoms. The van der Waals surface area contributed by atoms with Gasteiger partial charge in [0.15, 0.2) is 0 Å². The van der Waals surface area contributed by atoms with Gasteiger partial charge in [0.05, 0.1) is 37.3 Å². The van der Waals surface area contributed by atoms with Crippen LogP contribution in [0.15, 0.2) is 68.1 Å². The Bertz CT molecular complexity index is 1780. The van der Waals surface area contributed by atoms with E-state index < -0.39 is 0 Å². The molecule has 0 saturated heterocycles.